The second-order valence-electron chi connectivity index (χ2n) is 10.4. The van der Waals surface area contributed by atoms with Crippen LogP contribution in [0.15, 0.2) is 12.2 Å². The van der Waals surface area contributed by atoms with Crippen LogP contribution in [0.1, 0.15) is 168 Å². The van der Waals surface area contributed by atoms with E-state index in [1.54, 1.807) is 0 Å². The minimum absolute atomic E-state index is 0.0243. The highest BCUT2D eigenvalue weighted by Crippen LogP contribution is 2.15. The van der Waals surface area contributed by atoms with Crippen molar-refractivity contribution >= 4 is 15.9 Å². The Kier molecular flexibility index (Phi) is 32.3. The van der Waals surface area contributed by atoms with Gasteiger partial charge < -0.3 is 9.47 Å². The second-order valence-corrected chi connectivity index (χ2v) is 11.2. The quantitative estimate of drug-likeness (QED) is 0.0377. The van der Waals surface area contributed by atoms with Crippen molar-refractivity contribution in [3.63, 3.8) is 0 Å². The number of halogens is 1. The summed E-state index contributed by atoms with van der Waals surface area (Å²) in [6.45, 7) is 6.32. The fourth-order valence-electron chi connectivity index (χ4n) is 4.52. The van der Waals surface area contributed by atoms with Crippen molar-refractivity contribution in [1.82, 2.24) is 0 Å². The van der Waals surface area contributed by atoms with Crippen molar-refractivity contribution < 1.29 is 9.47 Å². The molecule has 0 saturated heterocycles. The van der Waals surface area contributed by atoms with Gasteiger partial charge in [0.25, 0.3) is 0 Å². The van der Waals surface area contributed by atoms with Crippen molar-refractivity contribution in [3.05, 3.63) is 12.2 Å². The summed E-state index contributed by atoms with van der Waals surface area (Å²) in [7, 11) is 0. The van der Waals surface area contributed by atoms with E-state index < -0.39 is 0 Å². The van der Waals surface area contributed by atoms with Gasteiger partial charge in [0, 0.05) is 18.5 Å². The van der Waals surface area contributed by atoms with Gasteiger partial charge in [-0.05, 0) is 44.9 Å². The summed E-state index contributed by atoms with van der Waals surface area (Å²) in [5.41, 5.74) is 0. The fourth-order valence-corrected chi connectivity index (χ4v) is 4.78. The van der Waals surface area contributed by atoms with E-state index in [1.807, 2.05) is 0 Å². The summed E-state index contributed by atoms with van der Waals surface area (Å²) in [6, 6.07) is 0. The molecule has 0 rings (SSSR count). The first-order valence-electron chi connectivity index (χ1n) is 15.8. The van der Waals surface area contributed by atoms with Crippen LogP contribution in [0.2, 0.25) is 0 Å². The predicted molar refractivity (Wildman–Crippen MR) is 161 cm³/mol. The van der Waals surface area contributed by atoms with E-state index in [9.17, 15) is 0 Å². The first-order valence-corrected chi connectivity index (χ1v) is 16.9. The number of unbranched alkanes of at least 4 members (excludes halogenated alkanes) is 19. The zero-order chi connectivity index (χ0) is 25.5. The number of allylic oxidation sites excluding steroid dienone is 2. The average molecular weight is 560 g/mol. The molecular weight excluding hydrogens is 496 g/mol. The van der Waals surface area contributed by atoms with E-state index >= 15 is 0 Å². The summed E-state index contributed by atoms with van der Waals surface area (Å²) in [5, 5.41) is 1.08. The van der Waals surface area contributed by atoms with E-state index in [0.717, 1.165) is 31.4 Å². The van der Waals surface area contributed by atoms with Gasteiger partial charge in [-0.1, -0.05) is 151 Å². The number of rotatable bonds is 30. The molecule has 0 radical (unpaired) electrons. The van der Waals surface area contributed by atoms with Crippen molar-refractivity contribution in [2.75, 3.05) is 18.5 Å². The Labute approximate surface area is 229 Å². The zero-order valence-corrected chi connectivity index (χ0v) is 25.6. The molecule has 0 aliphatic carbocycles. The molecule has 0 aromatic rings. The highest BCUT2D eigenvalue weighted by atomic mass is 79.9. The topological polar surface area (TPSA) is 18.5 Å². The van der Waals surface area contributed by atoms with Gasteiger partial charge in [0.15, 0.2) is 6.29 Å². The van der Waals surface area contributed by atoms with E-state index in [4.69, 9.17) is 9.47 Å². The fraction of sp³-hybridized carbons (Fsp3) is 0.938. The lowest BCUT2D eigenvalue weighted by Gasteiger charge is -2.19. The monoisotopic (exact) mass is 558 g/mol. The molecule has 0 spiro atoms. The lowest BCUT2D eigenvalue weighted by molar-refractivity contribution is -0.148. The first-order chi connectivity index (χ1) is 17.3. The third-order valence-corrected chi connectivity index (χ3v) is 7.31. The Balaban J connectivity index is 3.89. The molecule has 0 saturated carbocycles. The Bertz CT molecular complexity index is 377. The van der Waals surface area contributed by atoms with Crippen LogP contribution in [0.25, 0.3) is 0 Å². The maximum absolute atomic E-state index is 6.21. The van der Waals surface area contributed by atoms with Gasteiger partial charge in [-0.25, -0.2) is 0 Å². The van der Waals surface area contributed by atoms with Crippen LogP contribution in [0.3, 0.4) is 0 Å². The van der Waals surface area contributed by atoms with Crippen LogP contribution in [0.4, 0.5) is 0 Å². The highest BCUT2D eigenvalue weighted by Gasteiger charge is 2.09. The smallest absolute Gasteiger partial charge is 0.157 e. The molecule has 0 fully saturated rings. The maximum atomic E-state index is 6.21. The molecule has 35 heavy (non-hydrogen) atoms. The predicted octanol–water partition coefficient (Wildman–Crippen LogP) is 11.7. The molecule has 0 atom stereocenters. The van der Waals surface area contributed by atoms with Gasteiger partial charge in [-0.15, -0.1) is 0 Å². The lowest BCUT2D eigenvalue weighted by atomic mass is 10.1. The van der Waals surface area contributed by atoms with E-state index in [-0.39, 0.29) is 6.29 Å². The van der Waals surface area contributed by atoms with Gasteiger partial charge in [0.2, 0.25) is 0 Å². The van der Waals surface area contributed by atoms with Gasteiger partial charge in [-0.3, -0.25) is 0 Å². The van der Waals surface area contributed by atoms with Gasteiger partial charge >= 0.3 is 0 Å². The third-order valence-electron chi connectivity index (χ3n) is 6.86. The molecule has 0 amide bonds. The standard InChI is InChI=1S/C32H63BrO2/c1-3-5-7-9-11-18-22-26-30-34-32(35-31-27-23-19-12-10-8-6-4-2)28-24-20-16-14-13-15-17-21-25-29-33/h17,21,32H,3-16,18-20,22-31H2,1-2H3/b21-17+. The normalized spacial score (nSPS) is 11.9. The van der Waals surface area contributed by atoms with Crippen LogP contribution in [-0.2, 0) is 9.47 Å². The molecule has 0 aliphatic rings. The first kappa shape index (κ1) is 35.1. The van der Waals surface area contributed by atoms with Crippen molar-refractivity contribution in [1.29, 1.82) is 0 Å². The van der Waals surface area contributed by atoms with Crippen molar-refractivity contribution in [3.8, 4) is 0 Å². The molecule has 0 aromatic carbocycles. The van der Waals surface area contributed by atoms with Crippen LogP contribution >= 0.6 is 15.9 Å². The minimum Gasteiger partial charge on any atom is -0.353 e. The van der Waals surface area contributed by atoms with Crippen LogP contribution in [0, 0.1) is 0 Å². The molecule has 0 heterocycles. The highest BCUT2D eigenvalue weighted by molar-refractivity contribution is 9.09. The Hall–Kier alpha value is 0.140. The number of hydrogen-bond acceptors (Lipinski definition) is 2. The molecule has 210 valence electrons. The molecule has 3 heteroatoms. The maximum Gasteiger partial charge on any atom is 0.157 e. The van der Waals surface area contributed by atoms with Gasteiger partial charge in [-0.2, -0.15) is 0 Å². The summed E-state index contributed by atoms with van der Waals surface area (Å²) in [5.74, 6) is 0. The van der Waals surface area contributed by atoms with Crippen molar-refractivity contribution in [2.24, 2.45) is 0 Å². The number of ether oxygens (including phenoxy) is 2. The Morgan fingerprint density at radius 3 is 1.37 bits per heavy atom. The van der Waals surface area contributed by atoms with Crippen LogP contribution in [-0.4, -0.2) is 24.8 Å². The molecular formula is C32H63BrO2. The van der Waals surface area contributed by atoms with E-state index in [2.05, 4.69) is 41.9 Å². The molecule has 0 aromatic heterocycles. The molecule has 0 bridgehead atoms. The Morgan fingerprint density at radius 1 is 0.486 bits per heavy atom. The molecule has 0 aliphatic heterocycles. The molecule has 2 nitrogen and oxygen atoms in total. The average Bonchev–Trinajstić information content (AvgIpc) is 2.87. The zero-order valence-electron chi connectivity index (χ0n) is 24.0. The van der Waals surface area contributed by atoms with Crippen LogP contribution < -0.4 is 0 Å². The van der Waals surface area contributed by atoms with E-state index in [1.165, 1.54) is 141 Å². The minimum atomic E-state index is 0.0243. The summed E-state index contributed by atoms with van der Waals surface area (Å²) in [6.07, 6.45) is 36.3. The lowest BCUT2D eigenvalue weighted by Crippen LogP contribution is -2.19. The summed E-state index contributed by atoms with van der Waals surface area (Å²) in [4.78, 5) is 0. The van der Waals surface area contributed by atoms with Crippen LogP contribution in [0.5, 0.6) is 0 Å². The third kappa shape index (κ3) is 30.3. The van der Waals surface area contributed by atoms with Crippen molar-refractivity contribution in [2.45, 2.75) is 174 Å². The summed E-state index contributed by atoms with van der Waals surface area (Å²) < 4.78 is 12.4. The SMILES string of the molecule is CCCCCCCCCCOC(CCCCCCC/C=C/CCBr)OCCCCCCCCCC. The van der Waals surface area contributed by atoms with E-state index in [0.29, 0.717) is 0 Å². The van der Waals surface area contributed by atoms with Gasteiger partial charge in [0.05, 0.1) is 0 Å². The second kappa shape index (κ2) is 32.2. The van der Waals surface area contributed by atoms with Gasteiger partial charge in [0.1, 0.15) is 0 Å². The number of alkyl halides is 1. The molecule has 0 N–H and O–H groups in total. The summed E-state index contributed by atoms with van der Waals surface area (Å²) >= 11 is 3.47. The largest absolute Gasteiger partial charge is 0.353 e. The molecule has 0 unspecified atom stereocenters. The number of hydrogen-bond donors (Lipinski definition) is 0. The Morgan fingerprint density at radius 2 is 0.886 bits per heavy atom.